The van der Waals surface area contributed by atoms with E-state index in [1.54, 1.807) is 42.2 Å². The number of benzene rings is 1. The van der Waals surface area contributed by atoms with Crippen LogP contribution in [0.15, 0.2) is 46.5 Å². The Kier molecular flexibility index (Phi) is 5.52. The van der Waals surface area contributed by atoms with Gasteiger partial charge in [-0.1, -0.05) is 19.3 Å². The number of fused-ring (bicyclic) bond motifs is 4. The van der Waals surface area contributed by atoms with Crippen LogP contribution in [0.25, 0.3) is 11.0 Å². The summed E-state index contributed by atoms with van der Waals surface area (Å²) in [6.45, 7) is 1.55. The number of hydrazone groups is 1. The maximum atomic E-state index is 12.4. The molecule has 0 unspecified atom stereocenters. The molecule has 11 nitrogen and oxygen atoms in total. The maximum absolute atomic E-state index is 12.4. The number of amidine groups is 1. The van der Waals surface area contributed by atoms with E-state index in [1.807, 2.05) is 13.1 Å². The van der Waals surface area contributed by atoms with Crippen LogP contribution in [-0.2, 0) is 20.4 Å². The highest BCUT2D eigenvalue weighted by Crippen LogP contribution is 2.45. The van der Waals surface area contributed by atoms with Crippen LogP contribution >= 0.6 is 0 Å². The van der Waals surface area contributed by atoms with E-state index in [0.29, 0.717) is 11.6 Å². The van der Waals surface area contributed by atoms with Crippen LogP contribution in [0.4, 0.5) is 17.5 Å². The molecule has 35 heavy (non-hydrogen) atoms. The molecule has 1 aliphatic carbocycles. The van der Waals surface area contributed by atoms with Crippen molar-refractivity contribution >= 4 is 50.3 Å². The highest BCUT2D eigenvalue weighted by Gasteiger charge is 2.47. The zero-order valence-electron chi connectivity index (χ0n) is 19.9. The molecule has 1 amide bonds. The first kappa shape index (κ1) is 23.2. The van der Waals surface area contributed by atoms with Gasteiger partial charge in [-0.15, -0.1) is 0 Å². The molecule has 0 atom stereocenters. The third-order valence-corrected chi connectivity index (χ3v) is 7.78. The van der Waals surface area contributed by atoms with Crippen LogP contribution in [0.3, 0.4) is 0 Å². The summed E-state index contributed by atoms with van der Waals surface area (Å²) in [4.78, 5) is 23.4. The first-order valence-corrected chi connectivity index (χ1v) is 13.0. The first-order valence-electron chi connectivity index (χ1n) is 11.5. The molecule has 3 aromatic rings. The minimum atomic E-state index is -3.77. The highest BCUT2D eigenvalue weighted by molar-refractivity contribution is 7.89. The molecule has 1 aliphatic heterocycles. The van der Waals surface area contributed by atoms with Crippen LogP contribution in [-0.4, -0.2) is 53.7 Å². The van der Waals surface area contributed by atoms with E-state index in [9.17, 15) is 13.2 Å². The molecule has 0 saturated heterocycles. The number of carbonyl (C=O) groups is 1. The molecule has 12 heteroatoms. The van der Waals surface area contributed by atoms with Gasteiger partial charge in [-0.3, -0.25) is 14.4 Å². The van der Waals surface area contributed by atoms with Gasteiger partial charge in [-0.25, -0.2) is 18.5 Å². The minimum absolute atomic E-state index is 0.0313. The Morgan fingerprint density at radius 2 is 1.86 bits per heavy atom. The van der Waals surface area contributed by atoms with Crippen molar-refractivity contribution in [3.63, 3.8) is 0 Å². The van der Waals surface area contributed by atoms with Gasteiger partial charge in [0.1, 0.15) is 17.0 Å². The molecule has 1 saturated carbocycles. The molecule has 184 valence electrons. The monoisotopic (exact) mass is 496 g/mol. The number of nitrogens with two attached hydrogens (primary N) is 1. The van der Waals surface area contributed by atoms with Crippen molar-refractivity contribution in [2.75, 3.05) is 24.4 Å². The molecule has 2 aromatic heterocycles. The highest BCUT2D eigenvalue weighted by atomic mass is 32.2. The average molecular weight is 497 g/mol. The summed E-state index contributed by atoms with van der Waals surface area (Å²) in [5, 5.41) is 15.8. The Morgan fingerprint density at radius 3 is 2.49 bits per heavy atom. The second kappa shape index (κ2) is 8.31. The normalized spacial score (nSPS) is 17.3. The van der Waals surface area contributed by atoms with Crippen LogP contribution in [0, 0.1) is 0 Å². The Hall–Kier alpha value is -3.51. The summed E-state index contributed by atoms with van der Waals surface area (Å²) in [5.74, 6) is 1.93. The lowest BCUT2D eigenvalue weighted by Crippen LogP contribution is -2.55. The van der Waals surface area contributed by atoms with Crippen molar-refractivity contribution in [1.82, 2.24) is 19.4 Å². The zero-order chi connectivity index (χ0) is 25.0. The number of rotatable bonds is 3. The molecule has 0 radical (unpaired) electrons. The van der Waals surface area contributed by atoms with Gasteiger partial charge in [0.2, 0.25) is 21.9 Å². The number of nitrogens with one attached hydrogen (secondary N) is 1. The standard InChI is InChI=1S/C23H28N8O3S/c1-15(32)29(2)21-23(11-5-4-6-12-23)31-19(30(3)28-21)13-16-14-25-22(27-20(16)31)26-17-7-9-18(10-8-17)35(24,33)34/h7-10,13-14H,4-6,11-12H2,1-3H3,(H2,24,33,34)(H,25,26,27). The summed E-state index contributed by atoms with van der Waals surface area (Å²) in [7, 11) is -0.128. The van der Waals surface area contributed by atoms with E-state index in [0.717, 1.165) is 54.8 Å². The third-order valence-electron chi connectivity index (χ3n) is 6.85. The molecule has 0 bridgehead atoms. The predicted octanol–water partition coefficient (Wildman–Crippen LogP) is 2.72. The van der Waals surface area contributed by atoms with Crippen LogP contribution < -0.4 is 15.5 Å². The lowest BCUT2D eigenvalue weighted by atomic mass is 9.79. The second-order valence-electron chi connectivity index (χ2n) is 9.12. The van der Waals surface area contributed by atoms with Crippen molar-refractivity contribution in [2.45, 2.75) is 49.5 Å². The molecule has 2 aliphatic rings. The Morgan fingerprint density at radius 1 is 1.17 bits per heavy atom. The van der Waals surface area contributed by atoms with Crippen LogP contribution in [0.5, 0.6) is 0 Å². The van der Waals surface area contributed by atoms with Gasteiger partial charge in [-0.2, -0.15) is 10.1 Å². The van der Waals surface area contributed by atoms with Crippen LogP contribution in [0.1, 0.15) is 39.0 Å². The van der Waals surface area contributed by atoms with Gasteiger partial charge in [-0.05, 0) is 43.2 Å². The molecule has 3 heterocycles. The summed E-state index contributed by atoms with van der Waals surface area (Å²) in [6.07, 6.45) is 6.67. The van der Waals surface area contributed by atoms with Gasteiger partial charge in [0.15, 0.2) is 5.84 Å². The topological polar surface area (TPSA) is 139 Å². The molecule has 1 fully saturated rings. The number of primary sulfonamides is 1. The lowest BCUT2D eigenvalue weighted by molar-refractivity contribution is -0.124. The average Bonchev–Trinajstić information content (AvgIpc) is 3.22. The smallest absolute Gasteiger partial charge is 0.238 e. The number of anilines is 3. The molecular weight excluding hydrogens is 468 g/mol. The number of aromatic nitrogens is 3. The van der Waals surface area contributed by atoms with Crippen molar-refractivity contribution in [3.8, 4) is 0 Å². The quantitative estimate of drug-likeness (QED) is 0.568. The SMILES string of the molecule is CC(=O)N(C)C1=NN(C)c2cc3cnc(Nc4ccc(S(N)(=O)=O)cc4)nc3n2C12CCCCC2. The predicted molar refractivity (Wildman–Crippen MR) is 134 cm³/mol. The third kappa shape index (κ3) is 3.92. The van der Waals surface area contributed by atoms with Gasteiger partial charge < -0.3 is 10.2 Å². The number of carbonyl (C=O) groups excluding carboxylic acids is 1. The second-order valence-corrected chi connectivity index (χ2v) is 10.7. The molecule has 1 spiro atoms. The van der Waals surface area contributed by atoms with Crippen molar-refractivity contribution in [2.24, 2.45) is 10.2 Å². The van der Waals surface area contributed by atoms with E-state index in [4.69, 9.17) is 15.2 Å². The Labute approximate surface area is 203 Å². The maximum Gasteiger partial charge on any atom is 0.238 e. The van der Waals surface area contributed by atoms with E-state index in [2.05, 4.69) is 14.9 Å². The summed E-state index contributed by atoms with van der Waals surface area (Å²) in [6, 6.07) is 8.11. The van der Waals surface area contributed by atoms with Crippen molar-refractivity contribution in [3.05, 3.63) is 36.5 Å². The van der Waals surface area contributed by atoms with Crippen molar-refractivity contribution in [1.29, 1.82) is 0 Å². The van der Waals surface area contributed by atoms with Gasteiger partial charge in [0.25, 0.3) is 0 Å². The number of hydrogen-bond acceptors (Lipinski definition) is 8. The van der Waals surface area contributed by atoms with E-state index >= 15 is 0 Å². The Balaban J connectivity index is 1.60. The fraction of sp³-hybridized carbons (Fsp3) is 0.391. The van der Waals surface area contributed by atoms with Crippen LogP contribution in [0.2, 0.25) is 0 Å². The lowest BCUT2D eigenvalue weighted by Gasteiger charge is -2.46. The molecule has 3 N–H and O–H groups in total. The molecule has 5 rings (SSSR count). The molecule has 1 aromatic carbocycles. The van der Waals surface area contributed by atoms with E-state index < -0.39 is 15.6 Å². The van der Waals surface area contributed by atoms with Gasteiger partial charge in [0, 0.05) is 38.3 Å². The number of sulfonamides is 1. The van der Waals surface area contributed by atoms with Gasteiger partial charge >= 0.3 is 0 Å². The number of amides is 1. The summed E-state index contributed by atoms with van der Waals surface area (Å²) < 4.78 is 25.3. The fourth-order valence-electron chi connectivity index (χ4n) is 5.05. The summed E-state index contributed by atoms with van der Waals surface area (Å²) >= 11 is 0. The first-order chi connectivity index (χ1) is 16.6. The molecular formula is C23H28N8O3S. The Bertz CT molecular complexity index is 1440. The number of hydrogen-bond donors (Lipinski definition) is 2. The summed E-state index contributed by atoms with van der Waals surface area (Å²) in [5.41, 5.74) is 0.896. The minimum Gasteiger partial charge on any atom is -0.324 e. The fourth-order valence-corrected chi connectivity index (χ4v) is 5.57. The largest absolute Gasteiger partial charge is 0.324 e. The number of nitrogens with zero attached hydrogens (tertiary/aromatic N) is 6. The van der Waals surface area contributed by atoms with Crippen molar-refractivity contribution < 1.29 is 13.2 Å². The van der Waals surface area contributed by atoms with E-state index in [-0.39, 0.29) is 10.8 Å². The zero-order valence-corrected chi connectivity index (χ0v) is 20.7. The number of likely N-dealkylation sites (N-methyl/N-ethyl adjacent to an activating group) is 1. The van der Waals surface area contributed by atoms with E-state index in [1.165, 1.54) is 12.1 Å². The van der Waals surface area contributed by atoms with Gasteiger partial charge in [0.05, 0.1) is 4.90 Å².